The highest BCUT2D eigenvalue weighted by molar-refractivity contribution is 8.24. The highest BCUT2D eigenvalue weighted by Crippen LogP contribution is 2.48. The van der Waals surface area contributed by atoms with Crippen LogP contribution in [0.2, 0.25) is 5.02 Å². The smallest absolute Gasteiger partial charge is 0.293 e. The molecular formula is C45H49ClN6O8S2-2. The van der Waals surface area contributed by atoms with Gasteiger partial charge in [-0.2, -0.15) is 0 Å². The minimum absolute atomic E-state index is 0.0273. The molecule has 8 rings (SSSR count). The van der Waals surface area contributed by atoms with Gasteiger partial charge < -0.3 is 39.6 Å². The number of nitro benzene ring substituents is 1. The number of carbonyl (C=O) groups is 1. The molecule has 0 radical (unpaired) electrons. The fourth-order valence-corrected chi connectivity index (χ4v) is 11.6. The standard InChI is InChI=1S/C45H51ClN6O8S2/c1-45(2)17-14-32(38(26-45)31-6-8-33(46)9-7-31)28-50-19-21-51(22-20-50)34-10-12-37(43(24-34)60-42-5-3-4-39-36(42)15-18-47-39)44(53)49-62(58,59)35-11-13-40(41(25-35)52(54)55)48-27-30-16-23-61(56,57)29-30/h3-13,15,18,24-25,30,47-48,56-57H,14,16-17,19-23,26-29H2,1-2H3,(H,49,53)/p-2. The third-order valence-corrected chi connectivity index (χ3v) is 15.5. The van der Waals surface area contributed by atoms with Crippen molar-refractivity contribution < 1.29 is 32.0 Å². The van der Waals surface area contributed by atoms with Crippen LogP contribution in [0.3, 0.4) is 0 Å². The molecule has 4 aromatic carbocycles. The molecule has 0 spiro atoms. The number of sulfonamides is 1. The number of H-pyrrole nitrogens is 1. The number of halogens is 1. The van der Waals surface area contributed by atoms with Crippen LogP contribution in [0.15, 0.2) is 102 Å². The molecule has 1 unspecified atom stereocenters. The number of anilines is 2. The molecule has 1 amide bonds. The zero-order valence-electron chi connectivity index (χ0n) is 34.5. The zero-order valence-corrected chi connectivity index (χ0v) is 36.9. The number of aromatic amines is 1. The third-order valence-electron chi connectivity index (χ3n) is 12.1. The molecule has 2 saturated heterocycles. The molecule has 5 aromatic rings. The van der Waals surface area contributed by atoms with Crippen LogP contribution in [0.4, 0.5) is 17.1 Å². The lowest BCUT2D eigenvalue weighted by atomic mass is 9.72. The van der Waals surface area contributed by atoms with Gasteiger partial charge in [0, 0.05) is 79.2 Å². The van der Waals surface area contributed by atoms with Gasteiger partial charge in [-0.05, 0) is 114 Å². The highest BCUT2D eigenvalue weighted by Gasteiger charge is 2.31. The number of sulfone groups is 1. The number of piperazine rings is 1. The predicted octanol–water partition coefficient (Wildman–Crippen LogP) is 8.92. The number of aromatic nitrogens is 1. The van der Waals surface area contributed by atoms with E-state index in [1.54, 1.807) is 24.4 Å². The van der Waals surface area contributed by atoms with Crippen molar-refractivity contribution >= 4 is 71.7 Å². The molecule has 2 fully saturated rings. The van der Waals surface area contributed by atoms with Gasteiger partial charge in [-0.15, -0.1) is 0 Å². The third kappa shape index (κ3) is 9.90. The summed E-state index contributed by atoms with van der Waals surface area (Å²) in [7, 11) is -7.77. The topological polar surface area (TPSA) is 196 Å². The van der Waals surface area contributed by atoms with Crippen LogP contribution in [0.5, 0.6) is 11.5 Å². The van der Waals surface area contributed by atoms with Crippen molar-refractivity contribution in [2.45, 2.75) is 44.4 Å². The van der Waals surface area contributed by atoms with Gasteiger partial charge in [0.05, 0.1) is 15.4 Å². The van der Waals surface area contributed by atoms with Crippen LogP contribution in [0, 0.1) is 21.4 Å². The minimum atomic E-state index is -4.62. The summed E-state index contributed by atoms with van der Waals surface area (Å²) in [6, 6.07) is 23.8. The van der Waals surface area contributed by atoms with E-state index in [1.165, 1.54) is 28.8 Å². The molecular weight excluding hydrogens is 852 g/mol. The lowest BCUT2D eigenvalue weighted by Gasteiger charge is -2.57. The second kappa shape index (κ2) is 17.6. The molecule has 17 heteroatoms. The summed E-state index contributed by atoms with van der Waals surface area (Å²) in [5.74, 6) is -0.597. The Hall–Kier alpha value is -5.10. The Labute approximate surface area is 367 Å². The first-order chi connectivity index (χ1) is 29.5. The number of benzene rings is 4. The van der Waals surface area contributed by atoms with Crippen molar-refractivity contribution in [1.29, 1.82) is 0 Å². The molecule has 62 heavy (non-hydrogen) atoms. The van der Waals surface area contributed by atoms with Gasteiger partial charge in [0.25, 0.3) is 21.6 Å². The summed E-state index contributed by atoms with van der Waals surface area (Å²) in [6.45, 7) is 8.73. The number of hydrogen-bond acceptors (Lipinski definition) is 11. The number of ether oxygens (including phenoxy) is 1. The summed E-state index contributed by atoms with van der Waals surface area (Å²) < 4.78 is 59.7. The number of nitro groups is 1. The van der Waals surface area contributed by atoms with E-state index < -0.39 is 42.0 Å². The summed E-state index contributed by atoms with van der Waals surface area (Å²) in [6.07, 6.45) is 5.37. The van der Waals surface area contributed by atoms with Crippen molar-refractivity contribution in [2.75, 3.05) is 61.0 Å². The predicted molar refractivity (Wildman–Crippen MR) is 243 cm³/mol. The molecule has 328 valence electrons. The number of hydrogen-bond donors (Lipinski definition) is 3. The molecule has 1 aliphatic carbocycles. The van der Waals surface area contributed by atoms with Crippen LogP contribution < -0.4 is 19.7 Å². The van der Waals surface area contributed by atoms with Crippen LogP contribution in [0.1, 0.15) is 55.5 Å². The number of fused-ring (bicyclic) bond motifs is 1. The van der Waals surface area contributed by atoms with Gasteiger partial charge in [0.15, 0.2) is 0 Å². The van der Waals surface area contributed by atoms with Crippen LogP contribution in [0.25, 0.3) is 16.5 Å². The maximum absolute atomic E-state index is 13.9. The van der Waals surface area contributed by atoms with Crippen molar-refractivity contribution in [1.82, 2.24) is 14.6 Å². The van der Waals surface area contributed by atoms with Crippen LogP contribution in [-0.2, 0) is 10.0 Å². The Morgan fingerprint density at radius 1 is 1.00 bits per heavy atom. The summed E-state index contributed by atoms with van der Waals surface area (Å²) in [5, 5.41) is 16.4. The van der Waals surface area contributed by atoms with E-state index in [4.69, 9.17) is 16.3 Å². The van der Waals surface area contributed by atoms with Crippen LogP contribution in [-0.4, -0.2) is 89.0 Å². The molecule has 0 saturated carbocycles. The van der Waals surface area contributed by atoms with Gasteiger partial charge in [-0.3, -0.25) is 19.8 Å². The van der Waals surface area contributed by atoms with Crippen molar-refractivity contribution in [3.05, 3.63) is 123 Å². The van der Waals surface area contributed by atoms with Gasteiger partial charge in [0.2, 0.25) is 0 Å². The lowest BCUT2D eigenvalue weighted by molar-refractivity contribution is -0.384. The van der Waals surface area contributed by atoms with E-state index >= 15 is 0 Å². The molecule has 3 heterocycles. The maximum Gasteiger partial charge on any atom is 0.293 e. The first-order valence-electron chi connectivity index (χ1n) is 20.6. The average Bonchev–Trinajstić information content (AvgIpc) is 3.87. The fraction of sp³-hybridized carbons (Fsp3) is 0.356. The van der Waals surface area contributed by atoms with Gasteiger partial charge >= 0.3 is 0 Å². The van der Waals surface area contributed by atoms with Gasteiger partial charge in [0.1, 0.15) is 17.2 Å². The number of amides is 1. The molecule has 2 aliphatic heterocycles. The van der Waals surface area contributed by atoms with E-state index in [1.807, 2.05) is 30.3 Å². The SMILES string of the molecule is CC1(C)CCC(CN2CCN(c3ccc(C(=O)NS(=O)(=O)c4ccc(NCC5CCS([O-])([O-])C5)c([N+](=O)[O-])c4)c(Oc4cccc5[nH]ccc45)c3)CC2)=C(c2ccc(Cl)cc2)C1. The van der Waals surface area contributed by atoms with E-state index in [0.717, 1.165) is 72.6 Å². The lowest BCUT2D eigenvalue weighted by Crippen LogP contribution is -2.47. The second-order valence-electron chi connectivity index (χ2n) is 17.2. The largest absolute Gasteiger partial charge is 0.800 e. The van der Waals surface area contributed by atoms with Gasteiger partial charge in [-0.25, -0.2) is 13.1 Å². The maximum atomic E-state index is 13.9. The summed E-state index contributed by atoms with van der Waals surface area (Å²) in [5.41, 5.74) is 5.36. The number of rotatable bonds is 13. The van der Waals surface area contributed by atoms with E-state index in [2.05, 4.69) is 50.8 Å². The normalized spacial score (nSPS) is 19.6. The monoisotopic (exact) mass is 900 g/mol. The Morgan fingerprint density at radius 2 is 1.77 bits per heavy atom. The first-order valence-corrected chi connectivity index (χ1v) is 24.3. The Kier molecular flexibility index (Phi) is 12.3. The van der Waals surface area contributed by atoms with Crippen molar-refractivity contribution in [3.8, 4) is 11.5 Å². The number of allylic oxidation sites excluding steroid dienone is 1. The average molecular weight is 902 g/mol. The van der Waals surface area contributed by atoms with Crippen molar-refractivity contribution in [3.63, 3.8) is 0 Å². The highest BCUT2D eigenvalue weighted by atomic mass is 35.5. The van der Waals surface area contributed by atoms with Crippen LogP contribution >= 0.6 is 22.2 Å². The van der Waals surface area contributed by atoms with E-state index in [9.17, 15) is 32.4 Å². The quantitative estimate of drug-likeness (QED) is 0.0754. The molecule has 0 bridgehead atoms. The van der Waals surface area contributed by atoms with Crippen molar-refractivity contribution in [2.24, 2.45) is 11.3 Å². The zero-order chi connectivity index (χ0) is 43.8. The minimum Gasteiger partial charge on any atom is -0.800 e. The first kappa shape index (κ1) is 43.5. The summed E-state index contributed by atoms with van der Waals surface area (Å²) in [4.78, 5) is 32.6. The van der Waals surface area contributed by atoms with E-state index in [0.29, 0.717) is 25.3 Å². The Balaban J connectivity index is 1.01. The molecule has 14 nitrogen and oxygen atoms in total. The fourth-order valence-electron chi connectivity index (χ4n) is 8.64. The van der Waals surface area contributed by atoms with E-state index in [-0.39, 0.29) is 46.4 Å². The molecule has 3 N–H and O–H groups in total. The Bertz CT molecular complexity index is 2640. The molecule has 3 aliphatic rings. The Morgan fingerprint density at radius 3 is 2.50 bits per heavy atom. The molecule has 1 aromatic heterocycles. The number of nitrogens with zero attached hydrogens (tertiary/aromatic N) is 3. The number of nitrogens with one attached hydrogen (secondary N) is 3. The second-order valence-corrected chi connectivity index (χ2v) is 21.5. The number of carbonyl (C=O) groups excluding carboxylic acids is 1. The van der Waals surface area contributed by atoms with Gasteiger partial charge in [-0.1, -0.05) is 49.2 Å². The molecule has 1 atom stereocenters. The summed E-state index contributed by atoms with van der Waals surface area (Å²) >= 11 is 6.24.